The molecule has 1 aromatic carbocycles. The first-order valence-electron chi connectivity index (χ1n) is 5.70. The molecule has 2 heterocycles. The highest BCUT2D eigenvalue weighted by Gasteiger charge is 2.14. The lowest BCUT2D eigenvalue weighted by Crippen LogP contribution is -2.28. The van der Waals surface area contributed by atoms with Crippen LogP contribution in [0.15, 0.2) is 41.9 Å². The van der Waals surface area contributed by atoms with Gasteiger partial charge >= 0.3 is 0 Å². The molecular weight excluding hydrogens is 262 g/mol. The van der Waals surface area contributed by atoms with E-state index in [0.29, 0.717) is 0 Å². The number of aromatic nitrogens is 1. The number of hydrogen-bond acceptors (Lipinski definition) is 5. The first kappa shape index (κ1) is 11.8. The van der Waals surface area contributed by atoms with Crippen LogP contribution in [0.2, 0.25) is 0 Å². The summed E-state index contributed by atoms with van der Waals surface area (Å²) in [5, 5.41) is 4.38. The van der Waals surface area contributed by atoms with Crippen LogP contribution >= 0.6 is 22.7 Å². The van der Waals surface area contributed by atoms with Crippen molar-refractivity contribution in [2.45, 2.75) is 12.5 Å². The van der Waals surface area contributed by atoms with Crippen LogP contribution in [0.3, 0.4) is 0 Å². The van der Waals surface area contributed by atoms with E-state index in [-0.39, 0.29) is 6.04 Å². The maximum absolute atomic E-state index is 5.68. The molecule has 0 saturated carbocycles. The number of fused-ring (bicyclic) bond motifs is 1. The summed E-state index contributed by atoms with van der Waals surface area (Å²) < 4.78 is 1.30. The second kappa shape index (κ2) is 5.16. The van der Waals surface area contributed by atoms with Gasteiger partial charge in [-0.25, -0.2) is 4.98 Å². The Morgan fingerprint density at radius 3 is 2.94 bits per heavy atom. The summed E-state index contributed by atoms with van der Waals surface area (Å²) in [5.41, 5.74) is 2.89. The van der Waals surface area contributed by atoms with Crippen molar-refractivity contribution < 1.29 is 0 Å². The fourth-order valence-electron chi connectivity index (χ4n) is 1.94. The standard InChI is InChI=1S/C13H13N3S2/c14-16-10(8-13-15-5-6-17-13)12-7-9-3-1-2-4-11(9)18-12/h1-7,10,16H,8,14H2. The minimum Gasteiger partial charge on any atom is -0.271 e. The molecule has 1 atom stereocenters. The number of thiophene rings is 1. The minimum atomic E-state index is 0.133. The quantitative estimate of drug-likeness (QED) is 0.568. The molecule has 1 unspecified atom stereocenters. The van der Waals surface area contributed by atoms with Gasteiger partial charge < -0.3 is 0 Å². The number of nitrogens with two attached hydrogens (primary N) is 1. The SMILES string of the molecule is NNC(Cc1nccs1)c1cc2ccccc2s1. The number of nitrogens with one attached hydrogen (secondary N) is 1. The van der Waals surface area contributed by atoms with Gasteiger partial charge in [-0.2, -0.15) is 0 Å². The van der Waals surface area contributed by atoms with E-state index >= 15 is 0 Å². The summed E-state index contributed by atoms with van der Waals surface area (Å²) in [5.74, 6) is 5.68. The maximum Gasteiger partial charge on any atom is 0.0944 e. The van der Waals surface area contributed by atoms with Crippen molar-refractivity contribution in [2.24, 2.45) is 5.84 Å². The molecule has 92 valence electrons. The number of hydrazine groups is 1. The van der Waals surface area contributed by atoms with Crippen LogP contribution < -0.4 is 11.3 Å². The van der Waals surface area contributed by atoms with Gasteiger partial charge in [0.2, 0.25) is 0 Å². The second-order valence-electron chi connectivity index (χ2n) is 4.04. The lowest BCUT2D eigenvalue weighted by Gasteiger charge is -2.11. The monoisotopic (exact) mass is 275 g/mol. The van der Waals surface area contributed by atoms with E-state index < -0.39 is 0 Å². The topological polar surface area (TPSA) is 50.9 Å². The normalized spacial score (nSPS) is 12.9. The number of nitrogens with zero attached hydrogens (tertiary/aromatic N) is 1. The van der Waals surface area contributed by atoms with Gasteiger partial charge in [-0.15, -0.1) is 22.7 Å². The van der Waals surface area contributed by atoms with Gasteiger partial charge in [0.15, 0.2) is 0 Å². The maximum atomic E-state index is 5.68. The van der Waals surface area contributed by atoms with Crippen LogP contribution in [-0.2, 0) is 6.42 Å². The molecule has 2 aromatic heterocycles. The van der Waals surface area contributed by atoms with Gasteiger partial charge in [0, 0.05) is 27.6 Å². The van der Waals surface area contributed by atoms with E-state index in [1.54, 1.807) is 22.7 Å². The Hall–Kier alpha value is -1.27. The molecule has 3 rings (SSSR count). The average molecular weight is 275 g/mol. The van der Waals surface area contributed by atoms with Gasteiger partial charge in [-0.1, -0.05) is 18.2 Å². The molecule has 5 heteroatoms. The van der Waals surface area contributed by atoms with Gasteiger partial charge in [0.25, 0.3) is 0 Å². The minimum absolute atomic E-state index is 0.133. The van der Waals surface area contributed by atoms with Crippen LogP contribution in [0.25, 0.3) is 10.1 Å². The van der Waals surface area contributed by atoms with Crippen LogP contribution in [-0.4, -0.2) is 4.98 Å². The lowest BCUT2D eigenvalue weighted by atomic mass is 10.1. The highest BCUT2D eigenvalue weighted by molar-refractivity contribution is 7.19. The molecule has 0 bridgehead atoms. The van der Waals surface area contributed by atoms with Crippen LogP contribution in [0.1, 0.15) is 15.9 Å². The highest BCUT2D eigenvalue weighted by atomic mass is 32.1. The first-order chi connectivity index (χ1) is 8.86. The molecule has 3 N–H and O–H groups in total. The smallest absolute Gasteiger partial charge is 0.0944 e. The van der Waals surface area contributed by atoms with E-state index in [9.17, 15) is 0 Å². The number of hydrogen-bond donors (Lipinski definition) is 2. The number of thiazole rings is 1. The van der Waals surface area contributed by atoms with Crippen LogP contribution in [0.5, 0.6) is 0 Å². The van der Waals surface area contributed by atoms with E-state index in [0.717, 1.165) is 11.4 Å². The summed E-state index contributed by atoms with van der Waals surface area (Å²) in [4.78, 5) is 5.57. The average Bonchev–Trinajstić information content (AvgIpc) is 3.04. The summed E-state index contributed by atoms with van der Waals surface area (Å²) in [6, 6.07) is 10.7. The zero-order valence-electron chi connectivity index (χ0n) is 9.67. The van der Waals surface area contributed by atoms with Crippen molar-refractivity contribution in [3.05, 3.63) is 51.8 Å². The Morgan fingerprint density at radius 2 is 2.22 bits per heavy atom. The van der Waals surface area contributed by atoms with Crippen molar-refractivity contribution in [3.8, 4) is 0 Å². The summed E-state index contributed by atoms with van der Waals surface area (Å²) in [6.07, 6.45) is 2.67. The molecule has 3 aromatic rings. The fourth-order valence-corrected chi connectivity index (χ4v) is 3.73. The molecule has 18 heavy (non-hydrogen) atoms. The third-order valence-corrected chi connectivity index (χ3v) is 4.88. The second-order valence-corrected chi connectivity index (χ2v) is 6.13. The largest absolute Gasteiger partial charge is 0.271 e. The Labute approximate surface area is 113 Å². The summed E-state index contributed by atoms with van der Waals surface area (Å²) in [7, 11) is 0. The lowest BCUT2D eigenvalue weighted by molar-refractivity contribution is 0.559. The molecule has 3 nitrogen and oxygen atoms in total. The zero-order chi connectivity index (χ0) is 12.4. The van der Waals surface area contributed by atoms with Crippen molar-refractivity contribution in [1.29, 1.82) is 0 Å². The van der Waals surface area contributed by atoms with Gasteiger partial charge in [-0.3, -0.25) is 11.3 Å². The Bertz CT molecular complexity index is 598. The van der Waals surface area contributed by atoms with Gasteiger partial charge in [0.05, 0.1) is 11.0 Å². The predicted molar refractivity (Wildman–Crippen MR) is 77.7 cm³/mol. The first-order valence-corrected chi connectivity index (χ1v) is 7.39. The molecule has 0 aliphatic rings. The van der Waals surface area contributed by atoms with E-state index in [1.165, 1.54) is 15.0 Å². The van der Waals surface area contributed by atoms with Crippen molar-refractivity contribution in [1.82, 2.24) is 10.4 Å². The molecule has 0 fully saturated rings. The fraction of sp³-hybridized carbons (Fsp3) is 0.154. The Morgan fingerprint density at radius 1 is 1.33 bits per heavy atom. The molecule has 0 aliphatic heterocycles. The summed E-state index contributed by atoms with van der Waals surface area (Å²) >= 11 is 3.45. The zero-order valence-corrected chi connectivity index (χ0v) is 11.3. The highest BCUT2D eigenvalue weighted by Crippen LogP contribution is 2.31. The molecule has 0 saturated heterocycles. The molecule has 0 radical (unpaired) electrons. The predicted octanol–water partition coefficient (Wildman–Crippen LogP) is 3.10. The third kappa shape index (κ3) is 2.30. The summed E-state index contributed by atoms with van der Waals surface area (Å²) in [6.45, 7) is 0. The number of rotatable bonds is 4. The van der Waals surface area contributed by atoms with Crippen molar-refractivity contribution in [2.75, 3.05) is 0 Å². The van der Waals surface area contributed by atoms with E-state index in [4.69, 9.17) is 5.84 Å². The molecule has 0 amide bonds. The third-order valence-electron chi connectivity index (χ3n) is 2.85. The van der Waals surface area contributed by atoms with E-state index in [1.807, 2.05) is 11.6 Å². The Kier molecular flexibility index (Phi) is 3.38. The van der Waals surface area contributed by atoms with Crippen molar-refractivity contribution in [3.63, 3.8) is 0 Å². The Balaban J connectivity index is 1.90. The molecular formula is C13H13N3S2. The van der Waals surface area contributed by atoms with Crippen LogP contribution in [0.4, 0.5) is 0 Å². The van der Waals surface area contributed by atoms with E-state index in [2.05, 4.69) is 40.7 Å². The number of benzene rings is 1. The van der Waals surface area contributed by atoms with Gasteiger partial charge in [0.1, 0.15) is 0 Å². The molecule has 0 spiro atoms. The van der Waals surface area contributed by atoms with Crippen LogP contribution in [0, 0.1) is 0 Å². The van der Waals surface area contributed by atoms with Crippen molar-refractivity contribution >= 4 is 32.8 Å². The molecule has 0 aliphatic carbocycles. The van der Waals surface area contributed by atoms with Gasteiger partial charge in [-0.05, 0) is 17.5 Å².